The number of benzene rings is 2. The molecule has 0 aromatic heterocycles. The third kappa shape index (κ3) is 2.75. The van der Waals surface area contributed by atoms with Gasteiger partial charge < -0.3 is 15.5 Å². The zero-order valence-electron chi connectivity index (χ0n) is 16.6. The fraction of sp³-hybridized carbons (Fsp3) is 0.409. The van der Waals surface area contributed by atoms with Gasteiger partial charge in [0.25, 0.3) is 5.91 Å². The molecule has 0 saturated carbocycles. The van der Waals surface area contributed by atoms with Crippen molar-refractivity contribution in [1.29, 1.82) is 0 Å². The predicted molar refractivity (Wildman–Crippen MR) is 109 cm³/mol. The first-order valence-electron chi connectivity index (χ1n) is 10.1. The van der Waals surface area contributed by atoms with Gasteiger partial charge in [-0.25, -0.2) is 8.78 Å². The average molecular weight is 399 g/mol. The highest BCUT2D eigenvalue weighted by Gasteiger charge is 2.55. The number of hydrogen-bond donors (Lipinski definition) is 2. The SMILES string of the molecule is C[N+]1(C)c2cc(F)cc3c2N(C1[C@H]1CCCN1)[C@@H](c1ccc(F)cc1)CNC3=O. The molecule has 2 aromatic carbocycles. The molecular formula is C22H25F2N4O+. The van der Waals surface area contributed by atoms with Crippen LogP contribution in [0.15, 0.2) is 36.4 Å². The number of carbonyl (C=O) groups excluding carboxylic acids is 1. The first kappa shape index (κ1) is 18.5. The minimum atomic E-state index is -0.402. The number of hydrogen-bond acceptors (Lipinski definition) is 3. The van der Waals surface area contributed by atoms with E-state index in [1.807, 2.05) is 0 Å². The molecule has 0 spiro atoms. The molecule has 7 heteroatoms. The van der Waals surface area contributed by atoms with Gasteiger partial charge in [0, 0.05) is 12.6 Å². The number of nitrogens with zero attached hydrogens (tertiary/aromatic N) is 2. The molecule has 1 fully saturated rings. The van der Waals surface area contributed by atoms with Crippen LogP contribution in [0.4, 0.5) is 20.2 Å². The van der Waals surface area contributed by atoms with E-state index in [1.54, 1.807) is 18.2 Å². The van der Waals surface area contributed by atoms with E-state index in [4.69, 9.17) is 0 Å². The van der Waals surface area contributed by atoms with E-state index in [9.17, 15) is 13.6 Å². The molecule has 3 aliphatic heterocycles. The lowest BCUT2D eigenvalue weighted by atomic mass is 10.0. The van der Waals surface area contributed by atoms with Gasteiger partial charge in [-0.1, -0.05) is 12.1 Å². The van der Waals surface area contributed by atoms with Crippen molar-refractivity contribution in [3.8, 4) is 0 Å². The molecule has 29 heavy (non-hydrogen) atoms. The Hall–Kier alpha value is -2.51. The lowest BCUT2D eigenvalue weighted by Gasteiger charge is -2.41. The molecule has 3 atom stereocenters. The van der Waals surface area contributed by atoms with E-state index in [0.29, 0.717) is 16.6 Å². The largest absolute Gasteiger partial charge is 0.350 e. The minimum absolute atomic E-state index is 0.00389. The minimum Gasteiger partial charge on any atom is -0.350 e. The molecule has 3 heterocycles. The molecule has 5 nitrogen and oxygen atoms in total. The van der Waals surface area contributed by atoms with Gasteiger partial charge in [-0.05, 0) is 43.1 Å². The Labute approximate surface area is 168 Å². The van der Waals surface area contributed by atoms with Crippen LogP contribution in [-0.2, 0) is 0 Å². The van der Waals surface area contributed by atoms with Crippen molar-refractivity contribution in [2.45, 2.75) is 31.1 Å². The Morgan fingerprint density at radius 2 is 1.86 bits per heavy atom. The molecule has 0 bridgehead atoms. The van der Waals surface area contributed by atoms with Crippen LogP contribution < -0.4 is 20.0 Å². The van der Waals surface area contributed by atoms with Gasteiger partial charge in [-0.15, -0.1) is 0 Å². The van der Waals surface area contributed by atoms with Crippen LogP contribution in [0.25, 0.3) is 0 Å². The van der Waals surface area contributed by atoms with Crippen molar-refractivity contribution in [3.05, 3.63) is 59.2 Å². The van der Waals surface area contributed by atoms with E-state index in [-0.39, 0.29) is 30.0 Å². The third-order valence-electron chi connectivity index (χ3n) is 6.63. The smallest absolute Gasteiger partial charge is 0.253 e. The summed E-state index contributed by atoms with van der Waals surface area (Å²) in [5.74, 6) is -0.961. The van der Waals surface area contributed by atoms with Crippen molar-refractivity contribution in [2.75, 3.05) is 32.1 Å². The molecule has 0 radical (unpaired) electrons. The van der Waals surface area contributed by atoms with Crippen molar-refractivity contribution < 1.29 is 13.6 Å². The van der Waals surface area contributed by atoms with Crippen LogP contribution in [0.1, 0.15) is 34.8 Å². The van der Waals surface area contributed by atoms with Gasteiger partial charge in [0.2, 0.25) is 0 Å². The summed E-state index contributed by atoms with van der Waals surface area (Å²) in [5.41, 5.74) is 2.90. The molecule has 5 rings (SSSR count). The average Bonchev–Trinajstić information content (AvgIpc) is 3.24. The second-order valence-corrected chi connectivity index (χ2v) is 8.66. The number of anilines is 1. The highest BCUT2D eigenvalue weighted by molar-refractivity contribution is 6.04. The molecule has 3 aliphatic rings. The first-order chi connectivity index (χ1) is 13.9. The van der Waals surface area contributed by atoms with E-state index < -0.39 is 5.82 Å². The van der Waals surface area contributed by atoms with Crippen molar-refractivity contribution in [3.63, 3.8) is 0 Å². The summed E-state index contributed by atoms with van der Waals surface area (Å²) in [6.07, 6.45) is 2.10. The van der Waals surface area contributed by atoms with Gasteiger partial charge >= 0.3 is 0 Å². The van der Waals surface area contributed by atoms with Crippen LogP contribution in [0.5, 0.6) is 0 Å². The number of carbonyl (C=O) groups is 1. The molecule has 1 unspecified atom stereocenters. The molecule has 2 aromatic rings. The maximum absolute atomic E-state index is 14.5. The molecule has 2 N–H and O–H groups in total. The van der Waals surface area contributed by atoms with E-state index in [1.165, 1.54) is 18.2 Å². The summed E-state index contributed by atoms with van der Waals surface area (Å²) in [6.45, 7) is 1.33. The maximum Gasteiger partial charge on any atom is 0.253 e. The predicted octanol–water partition coefficient (Wildman–Crippen LogP) is 2.91. The summed E-state index contributed by atoms with van der Waals surface area (Å²) in [5, 5.41) is 6.56. The summed E-state index contributed by atoms with van der Waals surface area (Å²) >= 11 is 0. The quantitative estimate of drug-likeness (QED) is 0.764. The number of rotatable bonds is 2. The second-order valence-electron chi connectivity index (χ2n) is 8.66. The zero-order valence-corrected chi connectivity index (χ0v) is 16.6. The number of nitrogens with one attached hydrogen (secondary N) is 2. The Morgan fingerprint density at radius 3 is 2.55 bits per heavy atom. The second kappa shape index (κ2) is 6.50. The number of amides is 1. The van der Waals surface area contributed by atoms with Crippen LogP contribution in [-0.4, -0.2) is 45.3 Å². The van der Waals surface area contributed by atoms with Crippen LogP contribution in [0, 0.1) is 11.6 Å². The number of quaternary nitrogens is 1. The van der Waals surface area contributed by atoms with Crippen LogP contribution >= 0.6 is 0 Å². The molecule has 1 saturated heterocycles. The number of halogens is 2. The highest BCUT2D eigenvalue weighted by atomic mass is 19.1. The fourth-order valence-electron chi connectivity index (χ4n) is 5.35. The third-order valence-corrected chi connectivity index (χ3v) is 6.63. The van der Waals surface area contributed by atoms with E-state index >= 15 is 0 Å². The van der Waals surface area contributed by atoms with E-state index in [2.05, 4.69) is 29.6 Å². The highest BCUT2D eigenvalue weighted by Crippen LogP contribution is 2.51. The van der Waals surface area contributed by atoms with Crippen LogP contribution in [0.2, 0.25) is 0 Å². The van der Waals surface area contributed by atoms with Crippen LogP contribution in [0.3, 0.4) is 0 Å². The zero-order chi connectivity index (χ0) is 20.3. The fourth-order valence-corrected chi connectivity index (χ4v) is 5.35. The molecule has 1 amide bonds. The summed E-state index contributed by atoms with van der Waals surface area (Å²) in [4.78, 5) is 15.1. The topological polar surface area (TPSA) is 44.4 Å². The van der Waals surface area contributed by atoms with Gasteiger partial charge in [0.15, 0.2) is 11.9 Å². The summed E-state index contributed by atoms with van der Waals surface area (Å²) < 4.78 is 28.6. The lowest BCUT2D eigenvalue weighted by molar-refractivity contribution is 0.0954. The van der Waals surface area contributed by atoms with Gasteiger partial charge in [-0.2, -0.15) is 0 Å². The monoisotopic (exact) mass is 399 g/mol. The maximum atomic E-state index is 14.5. The Balaban J connectivity index is 1.74. The first-order valence-corrected chi connectivity index (χ1v) is 10.1. The molecule has 152 valence electrons. The Morgan fingerprint density at radius 1 is 1.10 bits per heavy atom. The van der Waals surface area contributed by atoms with Crippen molar-refractivity contribution >= 4 is 17.3 Å². The Kier molecular flexibility index (Phi) is 4.15. The standard InChI is InChI=1S/C22H24F2N4O/c1-28(2)19-11-15(24)10-16-20(19)27(22(28)17-4-3-9-25-17)18(12-26-21(16)29)13-5-7-14(23)8-6-13/h5-8,10-11,17-18,22,25H,3-4,9,12H2,1-2H3/p+1/t17-,18-,22?/m1/s1. The lowest BCUT2D eigenvalue weighted by Crippen LogP contribution is -2.63. The van der Waals surface area contributed by atoms with Crippen molar-refractivity contribution in [1.82, 2.24) is 15.1 Å². The Bertz CT molecular complexity index is 970. The van der Waals surface area contributed by atoms with Gasteiger partial charge in [0.05, 0.1) is 31.7 Å². The molecular weight excluding hydrogens is 374 g/mol. The summed E-state index contributed by atoms with van der Waals surface area (Å²) in [6, 6.07) is 9.39. The van der Waals surface area contributed by atoms with Crippen molar-refractivity contribution in [2.24, 2.45) is 0 Å². The van der Waals surface area contributed by atoms with E-state index in [0.717, 1.165) is 36.3 Å². The molecule has 0 aliphatic carbocycles. The van der Waals surface area contributed by atoms with Gasteiger partial charge in [-0.3, -0.25) is 9.28 Å². The normalized spacial score (nSPS) is 27.5. The summed E-state index contributed by atoms with van der Waals surface area (Å²) in [7, 11) is 4.15. The number of likely N-dealkylation sites (N-methyl/N-ethyl adjacent to an activating group) is 1. The van der Waals surface area contributed by atoms with Gasteiger partial charge in [0.1, 0.15) is 17.3 Å².